The molecule has 0 aliphatic carbocycles. The number of piperidine rings is 1. The quantitative estimate of drug-likeness (QED) is 0.508. The van der Waals surface area contributed by atoms with Gasteiger partial charge in [0.1, 0.15) is 5.54 Å². The summed E-state index contributed by atoms with van der Waals surface area (Å²) in [5.74, 6) is -0.180. The number of nitrogen functional groups attached to an aromatic ring is 1. The summed E-state index contributed by atoms with van der Waals surface area (Å²) in [6, 6.07) is 13.5. The van der Waals surface area contributed by atoms with Gasteiger partial charge in [0.05, 0.1) is 10.7 Å². The van der Waals surface area contributed by atoms with Crippen LogP contribution in [0.3, 0.4) is 0 Å². The first-order valence-corrected chi connectivity index (χ1v) is 12.6. The number of nitrogens with two attached hydrogens (primary N) is 1. The molecule has 3 heterocycles. The van der Waals surface area contributed by atoms with Crippen LogP contribution in [-0.4, -0.2) is 60.0 Å². The van der Waals surface area contributed by atoms with Gasteiger partial charge in [0.15, 0.2) is 0 Å². The van der Waals surface area contributed by atoms with Gasteiger partial charge in [-0.15, -0.1) is 0 Å². The van der Waals surface area contributed by atoms with E-state index >= 15 is 0 Å². The standard InChI is InChI=1S/C26H32ClN5O2/c1-2-31-25(34)32(23-10-7-20(28)17-22(23)27)24(33)26(31)11-15-29(16-12-26)18-19-5-8-21(9-6-19)30-13-3-4-14-30/h5-10,17H,2-4,11-16,18,28H2,1H3. The second-order valence-corrected chi connectivity index (χ2v) is 9.95. The minimum Gasteiger partial charge on any atom is -0.399 e. The van der Waals surface area contributed by atoms with Gasteiger partial charge in [0.25, 0.3) is 5.91 Å². The van der Waals surface area contributed by atoms with Crippen molar-refractivity contribution in [1.29, 1.82) is 0 Å². The molecule has 8 heteroatoms. The fraction of sp³-hybridized carbons (Fsp3) is 0.462. The molecule has 3 aliphatic rings. The Balaban J connectivity index is 1.29. The Kier molecular flexibility index (Phi) is 6.16. The van der Waals surface area contributed by atoms with Crippen LogP contribution in [0.15, 0.2) is 42.5 Å². The Morgan fingerprint density at radius 1 is 0.971 bits per heavy atom. The van der Waals surface area contributed by atoms with Crippen LogP contribution in [0.4, 0.5) is 21.9 Å². The number of hydrogen-bond acceptors (Lipinski definition) is 5. The fourth-order valence-corrected chi connectivity index (χ4v) is 5.95. The van der Waals surface area contributed by atoms with Crippen LogP contribution in [0.2, 0.25) is 5.02 Å². The molecule has 0 saturated carbocycles. The Labute approximate surface area is 206 Å². The third-order valence-electron chi connectivity index (χ3n) is 7.57. The van der Waals surface area contributed by atoms with Gasteiger partial charge in [-0.05, 0) is 68.5 Å². The molecule has 180 valence electrons. The van der Waals surface area contributed by atoms with Crippen LogP contribution in [0.5, 0.6) is 0 Å². The molecule has 5 rings (SSSR count). The van der Waals surface area contributed by atoms with Crippen molar-refractivity contribution in [1.82, 2.24) is 9.80 Å². The maximum Gasteiger partial charge on any atom is 0.332 e. The molecule has 2 aromatic carbocycles. The van der Waals surface area contributed by atoms with E-state index in [9.17, 15) is 9.59 Å². The summed E-state index contributed by atoms with van der Waals surface area (Å²) in [4.78, 5) is 34.8. The lowest BCUT2D eigenvalue weighted by atomic mass is 9.85. The van der Waals surface area contributed by atoms with Gasteiger partial charge in [-0.25, -0.2) is 9.69 Å². The first kappa shape index (κ1) is 23.0. The highest BCUT2D eigenvalue weighted by atomic mass is 35.5. The fourth-order valence-electron chi connectivity index (χ4n) is 5.68. The smallest absolute Gasteiger partial charge is 0.332 e. The minimum absolute atomic E-state index is 0.180. The summed E-state index contributed by atoms with van der Waals surface area (Å²) >= 11 is 6.37. The van der Waals surface area contributed by atoms with E-state index in [1.807, 2.05) is 6.92 Å². The van der Waals surface area contributed by atoms with Gasteiger partial charge in [-0.3, -0.25) is 9.69 Å². The Morgan fingerprint density at radius 2 is 1.65 bits per heavy atom. The van der Waals surface area contributed by atoms with Crippen LogP contribution < -0.4 is 15.5 Å². The van der Waals surface area contributed by atoms with Crippen molar-refractivity contribution in [3.63, 3.8) is 0 Å². The number of hydrogen-bond donors (Lipinski definition) is 1. The third-order valence-corrected chi connectivity index (χ3v) is 7.87. The largest absolute Gasteiger partial charge is 0.399 e. The monoisotopic (exact) mass is 481 g/mol. The summed E-state index contributed by atoms with van der Waals surface area (Å²) in [5.41, 5.74) is 8.47. The first-order chi connectivity index (χ1) is 16.4. The number of carbonyl (C=O) groups excluding carboxylic acids is 2. The predicted molar refractivity (Wildman–Crippen MR) is 136 cm³/mol. The van der Waals surface area contributed by atoms with E-state index in [0.29, 0.717) is 35.8 Å². The number of likely N-dealkylation sites (tertiary alicyclic amines) is 1. The number of rotatable bonds is 5. The summed E-state index contributed by atoms with van der Waals surface area (Å²) in [6.45, 7) is 7.05. The Morgan fingerprint density at radius 3 is 2.26 bits per heavy atom. The van der Waals surface area contributed by atoms with E-state index in [1.165, 1.54) is 29.0 Å². The number of carbonyl (C=O) groups is 2. The second-order valence-electron chi connectivity index (χ2n) is 9.55. The number of likely N-dealkylation sites (N-methyl/N-ethyl adjacent to an activating group) is 1. The van der Waals surface area contributed by atoms with Crippen molar-refractivity contribution in [2.24, 2.45) is 0 Å². The van der Waals surface area contributed by atoms with Crippen LogP contribution in [0.1, 0.15) is 38.2 Å². The number of imide groups is 1. The highest BCUT2D eigenvalue weighted by Crippen LogP contribution is 2.41. The van der Waals surface area contributed by atoms with Crippen LogP contribution in [0.25, 0.3) is 0 Å². The van der Waals surface area contributed by atoms with Gasteiger partial charge in [0.2, 0.25) is 0 Å². The lowest BCUT2D eigenvalue weighted by Gasteiger charge is -2.41. The molecule has 0 radical (unpaired) electrons. The van der Waals surface area contributed by atoms with Crippen molar-refractivity contribution in [2.45, 2.75) is 44.7 Å². The SMILES string of the molecule is CCN1C(=O)N(c2ccc(N)cc2Cl)C(=O)C12CCN(Cc1ccc(N3CCCC3)cc1)CC2. The van der Waals surface area contributed by atoms with E-state index in [2.05, 4.69) is 34.1 Å². The molecule has 3 saturated heterocycles. The number of halogens is 1. The van der Waals surface area contributed by atoms with Gasteiger partial charge in [-0.1, -0.05) is 23.7 Å². The Bertz CT molecular complexity index is 1080. The molecule has 1 spiro atoms. The minimum atomic E-state index is -0.813. The molecular formula is C26H32ClN5O2. The van der Waals surface area contributed by atoms with Crippen molar-refractivity contribution in [3.8, 4) is 0 Å². The summed E-state index contributed by atoms with van der Waals surface area (Å²) in [6.07, 6.45) is 3.77. The van der Waals surface area contributed by atoms with Crippen molar-refractivity contribution >= 4 is 40.6 Å². The molecule has 7 nitrogen and oxygen atoms in total. The average molecular weight is 482 g/mol. The van der Waals surface area contributed by atoms with Gasteiger partial charge < -0.3 is 15.5 Å². The zero-order chi connectivity index (χ0) is 23.9. The zero-order valence-electron chi connectivity index (χ0n) is 19.7. The van der Waals surface area contributed by atoms with Crippen molar-refractivity contribution in [3.05, 3.63) is 53.1 Å². The van der Waals surface area contributed by atoms with Crippen LogP contribution in [0, 0.1) is 0 Å². The molecule has 3 amide bonds. The second kappa shape index (κ2) is 9.12. The van der Waals surface area contributed by atoms with E-state index < -0.39 is 5.54 Å². The number of benzene rings is 2. The molecule has 2 N–H and O–H groups in total. The van der Waals surface area contributed by atoms with Crippen LogP contribution >= 0.6 is 11.6 Å². The normalized spacial score (nSPS) is 20.7. The van der Waals surface area contributed by atoms with Crippen molar-refractivity contribution < 1.29 is 9.59 Å². The molecule has 0 bridgehead atoms. The van der Waals surface area contributed by atoms with Gasteiger partial charge in [-0.2, -0.15) is 0 Å². The number of nitrogens with zero attached hydrogens (tertiary/aromatic N) is 4. The molecule has 2 aromatic rings. The topological polar surface area (TPSA) is 73.1 Å². The zero-order valence-corrected chi connectivity index (χ0v) is 20.4. The molecule has 34 heavy (non-hydrogen) atoms. The third kappa shape index (κ3) is 3.91. The lowest BCUT2D eigenvalue weighted by Crippen LogP contribution is -2.56. The maximum absolute atomic E-state index is 13.7. The summed E-state index contributed by atoms with van der Waals surface area (Å²) in [7, 11) is 0. The molecule has 0 atom stereocenters. The summed E-state index contributed by atoms with van der Waals surface area (Å²) < 4.78 is 0. The maximum atomic E-state index is 13.7. The molecule has 3 aliphatic heterocycles. The number of amides is 3. The van der Waals surface area contributed by atoms with Gasteiger partial charge in [0, 0.05) is 50.6 Å². The van der Waals surface area contributed by atoms with E-state index in [-0.39, 0.29) is 11.9 Å². The highest BCUT2D eigenvalue weighted by molar-refractivity contribution is 6.36. The lowest BCUT2D eigenvalue weighted by molar-refractivity contribution is -0.127. The molecule has 0 aromatic heterocycles. The van der Waals surface area contributed by atoms with E-state index in [4.69, 9.17) is 17.3 Å². The van der Waals surface area contributed by atoms with Crippen LogP contribution in [-0.2, 0) is 11.3 Å². The average Bonchev–Trinajstić information content (AvgIpc) is 3.43. The highest BCUT2D eigenvalue weighted by Gasteiger charge is 2.58. The molecule has 3 fully saturated rings. The van der Waals surface area contributed by atoms with Crippen molar-refractivity contribution in [2.75, 3.05) is 48.3 Å². The number of anilines is 3. The first-order valence-electron chi connectivity index (χ1n) is 12.2. The summed E-state index contributed by atoms with van der Waals surface area (Å²) in [5, 5.41) is 0.310. The number of urea groups is 1. The molecule has 0 unspecified atom stereocenters. The van der Waals surface area contributed by atoms with Gasteiger partial charge >= 0.3 is 6.03 Å². The molecular weight excluding hydrogens is 450 g/mol. The van der Waals surface area contributed by atoms with E-state index in [1.54, 1.807) is 23.1 Å². The van der Waals surface area contributed by atoms with E-state index in [0.717, 1.165) is 32.7 Å². The predicted octanol–water partition coefficient (Wildman–Crippen LogP) is 4.35. The Hall–Kier alpha value is -2.77.